The zero-order chi connectivity index (χ0) is 38.8. The highest BCUT2D eigenvalue weighted by molar-refractivity contribution is 7.15. The molecule has 286 valence electrons. The highest BCUT2D eigenvalue weighted by Gasteiger charge is 2.31. The normalized spacial score (nSPS) is 13.8. The Labute approximate surface area is 327 Å². The number of hydrogen-bond acceptors (Lipinski definition) is 12. The second kappa shape index (κ2) is 16.2. The summed E-state index contributed by atoms with van der Waals surface area (Å²) in [4.78, 5) is 6.56. The van der Waals surface area contributed by atoms with Gasteiger partial charge in [-0.25, -0.2) is 4.57 Å². The molecule has 3 aromatic heterocycles. The number of phenolic OH excluding ortho intramolecular Hbond substituents is 2. The van der Waals surface area contributed by atoms with Crippen LogP contribution in [0.25, 0.3) is 22.1 Å². The van der Waals surface area contributed by atoms with Crippen LogP contribution in [0.15, 0.2) is 65.7 Å². The fourth-order valence-electron chi connectivity index (χ4n) is 6.63. The zero-order valence-electron chi connectivity index (χ0n) is 31.2. The van der Waals surface area contributed by atoms with Crippen LogP contribution in [-0.4, -0.2) is 83.5 Å². The molecule has 13 nitrogen and oxygen atoms in total. The Hall–Kier alpha value is -5.28. The van der Waals surface area contributed by atoms with Gasteiger partial charge in [-0.05, 0) is 93.2 Å². The van der Waals surface area contributed by atoms with Crippen molar-refractivity contribution in [3.8, 4) is 45.3 Å². The fraction of sp³-hybridized carbons (Fsp3) is 0.325. The van der Waals surface area contributed by atoms with E-state index in [1.54, 1.807) is 41.7 Å². The lowest BCUT2D eigenvalue weighted by Crippen LogP contribution is -2.23. The Morgan fingerprint density at radius 2 is 1.62 bits per heavy atom. The molecule has 0 unspecified atom stereocenters. The lowest BCUT2D eigenvalue weighted by Gasteiger charge is -2.14. The van der Waals surface area contributed by atoms with Gasteiger partial charge in [0.25, 0.3) is 0 Å². The maximum atomic E-state index is 10.6. The lowest BCUT2D eigenvalue weighted by atomic mass is 9.98. The van der Waals surface area contributed by atoms with Crippen LogP contribution in [0.4, 0.5) is 0 Å². The van der Waals surface area contributed by atoms with Crippen LogP contribution in [0.1, 0.15) is 71.0 Å². The molecule has 0 aliphatic carbocycles. The van der Waals surface area contributed by atoms with Crippen molar-refractivity contribution in [2.24, 2.45) is 4.99 Å². The van der Waals surface area contributed by atoms with E-state index in [0.717, 1.165) is 39.9 Å². The molecule has 15 heteroatoms. The van der Waals surface area contributed by atoms with E-state index in [2.05, 4.69) is 44.1 Å². The molecule has 7 rings (SSSR count). The molecular weight excluding hydrogens is 740 g/mol. The van der Waals surface area contributed by atoms with Gasteiger partial charge in [0.1, 0.15) is 40.7 Å². The molecule has 1 atom stereocenters. The molecule has 0 saturated heterocycles. The van der Waals surface area contributed by atoms with Crippen molar-refractivity contribution < 1.29 is 24.8 Å². The van der Waals surface area contributed by atoms with Crippen LogP contribution in [-0.2, 0) is 4.74 Å². The predicted molar refractivity (Wildman–Crippen MR) is 213 cm³/mol. The summed E-state index contributed by atoms with van der Waals surface area (Å²) in [6.45, 7) is 12.8. The minimum atomic E-state index is -0.339. The van der Waals surface area contributed by atoms with E-state index in [9.17, 15) is 15.3 Å². The fourth-order valence-corrected chi connectivity index (χ4v) is 7.97. The van der Waals surface area contributed by atoms with E-state index < -0.39 is 0 Å². The molecule has 1 aliphatic heterocycles. The summed E-state index contributed by atoms with van der Waals surface area (Å²) < 4.78 is 15.3. The van der Waals surface area contributed by atoms with Gasteiger partial charge < -0.3 is 30.1 Å². The largest absolute Gasteiger partial charge is 0.508 e. The average Bonchev–Trinajstić information content (AvgIpc) is 3.80. The number of nitrogens with one attached hydrogen (secondary N) is 1. The SMILES string of the molecule is Cc1sc2c(c1C)C(c1ccc(Cl)cc1)=N[C@@H](CCNCCOCCOc1ccc(-n3c(O)nnc3-c3cc(C(C)C)c(O)cc3O)cc1)c1nnc(C)n1-2. The van der Waals surface area contributed by atoms with E-state index >= 15 is 0 Å². The number of aryl methyl sites for hydroxylation is 2. The first-order valence-electron chi connectivity index (χ1n) is 18.1. The van der Waals surface area contributed by atoms with Crippen molar-refractivity contribution in [1.82, 2.24) is 34.8 Å². The molecule has 3 aromatic carbocycles. The van der Waals surface area contributed by atoms with Gasteiger partial charge in [0.05, 0.1) is 30.2 Å². The Bertz CT molecular complexity index is 2330. The van der Waals surface area contributed by atoms with E-state index in [1.807, 2.05) is 45.0 Å². The van der Waals surface area contributed by atoms with Gasteiger partial charge in [0.15, 0.2) is 11.6 Å². The van der Waals surface area contributed by atoms with Crippen molar-refractivity contribution >= 4 is 28.6 Å². The average molecular weight is 783 g/mol. The third-order valence-electron chi connectivity index (χ3n) is 9.62. The maximum Gasteiger partial charge on any atom is 0.319 e. The number of ether oxygens (including phenoxy) is 2. The molecule has 55 heavy (non-hydrogen) atoms. The number of aromatic nitrogens is 6. The highest BCUT2D eigenvalue weighted by Crippen LogP contribution is 2.41. The third-order valence-corrected chi connectivity index (χ3v) is 11.1. The molecule has 4 heterocycles. The molecule has 0 radical (unpaired) electrons. The number of thiophene rings is 1. The summed E-state index contributed by atoms with van der Waals surface area (Å²) in [5.41, 5.74) is 5.83. The lowest BCUT2D eigenvalue weighted by molar-refractivity contribution is 0.102. The van der Waals surface area contributed by atoms with E-state index in [4.69, 9.17) is 26.1 Å². The van der Waals surface area contributed by atoms with Gasteiger partial charge in [-0.15, -0.1) is 26.6 Å². The molecule has 0 bridgehead atoms. The number of halogens is 1. The van der Waals surface area contributed by atoms with Gasteiger partial charge in [-0.1, -0.05) is 42.7 Å². The zero-order valence-corrected chi connectivity index (χ0v) is 32.8. The molecule has 0 fully saturated rings. The van der Waals surface area contributed by atoms with Gasteiger partial charge in [-0.3, -0.25) is 9.56 Å². The molecule has 0 spiro atoms. The van der Waals surface area contributed by atoms with Crippen LogP contribution in [0.2, 0.25) is 5.02 Å². The van der Waals surface area contributed by atoms with Crippen molar-refractivity contribution in [2.45, 2.75) is 53.0 Å². The van der Waals surface area contributed by atoms with Crippen LogP contribution < -0.4 is 10.1 Å². The second-order valence-electron chi connectivity index (χ2n) is 13.6. The van der Waals surface area contributed by atoms with Gasteiger partial charge in [0, 0.05) is 33.6 Å². The first-order chi connectivity index (χ1) is 26.5. The Morgan fingerprint density at radius 1 is 0.855 bits per heavy atom. The first-order valence-corrected chi connectivity index (χ1v) is 19.3. The number of aromatic hydroxyl groups is 3. The van der Waals surface area contributed by atoms with Gasteiger partial charge in [0.2, 0.25) is 0 Å². The van der Waals surface area contributed by atoms with Crippen molar-refractivity contribution in [1.29, 1.82) is 0 Å². The quantitative estimate of drug-likeness (QED) is 0.0821. The highest BCUT2D eigenvalue weighted by atomic mass is 35.5. The second-order valence-corrected chi connectivity index (χ2v) is 15.3. The number of hydrogen-bond donors (Lipinski definition) is 4. The third kappa shape index (κ3) is 7.81. The number of phenols is 2. The van der Waals surface area contributed by atoms with Crippen LogP contribution in [0.5, 0.6) is 23.3 Å². The van der Waals surface area contributed by atoms with Crippen LogP contribution >= 0.6 is 22.9 Å². The summed E-state index contributed by atoms with van der Waals surface area (Å²) in [7, 11) is 0. The standard InChI is InChI=1S/C40H43ClN8O5S/c1-22(2)30-20-31(34(51)21-33(30)50)37-45-47-40(52)49(37)28-10-12-29(13-11-28)54-19-18-53-17-16-42-15-14-32-38-46-44-25(5)48(38)39-35(23(3)24(4)55-39)36(43-32)26-6-8-27(41)9-7-26/h6-13,20-22,32,42,50-51H,14-19H2,1-5H3,(H,47,52)/t32-/m0/s1. The molecule has 6 aromatic rings. The van der Waals surface area contributed by atoms with E-state index in [1.165, 1.54) is 21.1 Å². The number of aliphatic imine (C=N–C) groups is 1. The number of fused-ring (bicyclic) bond motifs is 3. The van der Waals surface area contributed by atoms with Crippen LogP contribution in [0.3, 0.4) is 0 Å². The molecule has 0 saturated carbocycles. The van der Waals surface area contributed by atoms with Crippen molar-refractivity contribution in [2.75, 3.05) is 32.9 Å². The van der Waals surface area contributed by atoms with Gasteiger partial charge >= 0.3 is 6.01 Å². The topological polar surface area (TPSA) is 165 Å². The molecular formula is C40H43ClN8O5S. The van der Waals surface area contributed by atoms with Crippen LogP contribution in [0, 0.1) is 20.8 Å². The minimum Gasteiger partial charge on any atom is -0.508 e. The number of benzene rings is 3. The van der Waals surface area contributed by atoms with E-state index in [-0.39, 0.29) is 35.3 Å². The first kappa shape index (κ1) is 38.0. The molecule has 4 N–H and O–H groups in total. The molecule has 0 amide bonds. The smallest absolute Gasteiger partial charge is 0.319 e. The Kier molecular flexibility index (Phi) is 11.2. The summed E-state index contributed by atoms with van der Waals surface area (Å²) >= 11 is 7.99. The predicted octanol–water partition coefficient (Wildman–Crippen LogP) is 7.36. The minimum absolute atomic E-state index is 0.00195. The summed E-state index contributed by atoms with van der Waals surface area (Å²) in [6, 6.07) is 17.3. The molecule has 1 aliphatic rings. The van der Waals surface area contributed by atoms with Gasteiger partial charge in [-0.2, -0.15) is 0 Å². The maximum absolute atomic E-state index is 10.6. The summed E-state index contributed by atoms with van der Waals surface area (Å²) in [6.07, 6.45) is 0.727. The number of nitrogens with zero attached hydrogens (tertiary/aromatic N) is 7. The Balaban J connectivity index is 0.910. The monoisotopic (exact) mass is 782 g/mol. The van der Waals surface area contributed by atoms with E-state index in [0.29, 0.717) is 60.5 Å². The van der Waals surface area contributed by atoms with Crippen molar-refractivity contribution in [3.05, 3.63) is 104 Å². The van der Waals surface area contributed by atoms with Crippen molar-refractivity contribution in [3.63, 3.8) is 0 Å². The summed E-state index contributed by atoms with van der Waals surface area (Å²) in [5.74, 6) is 2.35. The Morgan fingerprint density at radius 3 is 2.36 bits per heavy atom. The number of rotatable bonds is 14. The summed E-state index contributed by atoms with van der Waals surface area (Å²) in [5, 5.41) is 53.6.